The van der Waals surface area contributed by atoms with Gasteiger partial charge in [0.2, 0.25) is 0 Å². The molecule has 1 fully saturated rings. The number of hydrogen-bond acceptors (Lipinski definition) is 2. The number of nitrogens with two attached hydrogens (primary N) is 1. The molecule has 3 rings (SSSR count). The maximum Gasteiger partial charge on any atom is 0.125 e. The molecule has 0 aromatic heterocycles. The lowest BCUT2D eigenvalue weighted by molar-refractivity contribution is 0.0189. The summed E-state index contributed by atoms with van der Waals surface area (Å²) in [5, 5.41) is 0.737. The first-order valence-corrected chi connectivity index (χ1v) is 8.01. The predicted molar refractivity (Wildman–Crippen MR) is 83.2 cm³/mol. The second-order valence-corrected chi connectivity index (χ2v) is 7.73. The fraction of sp³-hybridized carbons (Fsp3) is 0.647. The molecule has 2 N–H and O–H groups in total. The third kappa shape index (κ3) is 2.68. The third-order valence-electron chi connectivity index (χ3n) is 5.03. The van der Waals surface area contributed by atoms with Crippen LogP contribution in [0.3, 0.4) is 0 Å². The molecule has 1 unspecified atom stereocenters. The van der Waals surface area contributed by atoms with E-state index in [-0.39, 0.29) is 11.6 Å². The Balaban J connectivity index is 1.88. The molecule has 1 aliphatic carbocycles. The first kappa shape index (κ1) is 14.2. The number of rotatable bonds is 0. The summed E-state index contributed by atoms with van der Waals surface area (Å²) >= 11 is 6.07. The molecule has 1 spiro atoms. The zero-order valence-electron chi connectivity index (χ0n) is 12.4. The van der Waals surface area contributed by atoms with Crippen LogP contribution in [0.5, 0.6) is 5.75 Å². The van der Waals surface area contributed by atoms with E-state index in [2.05, 4.69) is 13.8 Å². The molecule has 2 nitrogen and oxygen atoms in total. The van der Waals surface area contributed by atoms with Gasteiger partial charge in [-0.2, -0.15) is 0 Å². The average molecular weight is 294 g/mol. The lowest BCUT2D eigenvalue weighted by atomic mass is 9.80. The summed E-state index contributed by atoms with van der Waals surface area (Å²) in [5.74, 6) is 0.938. The van der Waals surface area contributed by atoms with E-state index < -0.39 is 0 Å². The molecule has 1 aromatic rings. The monoisotopic (exact) mass is 293 g/mol. The van der Waals surface area contributed by atoms with Crippen LogP contribution in [0.15, 0.2) is 18.2 Å². The second kappa shape index (κ2) is 4.92. The Hall–Kier alpha value is -0.730. The SMILES string of the molecule is CC1(C)CCCC2(CC1)C[C@@H](N)c1cc(Cl)ccc1O2. The fourth-order valence-electron chi connectivity index (χ4n) is 3.70. The average Bonchev–Trinajstić information content (AvgIpc) is 2.51. The fourth-order valence-corrected chi connectivity index (χ4v) is 3.88. The molecule has 1 aromatic carbocycles. The zero-order chi connectivity index (χ0) is 14.4. The smallest absolute Gasteiger partial charge is 0.125 e. The minimum Gasteiger partial charge on any atom is -0.487 e. The van der Waals surface area contributed by atoms with Crippen molar-refractivity contribution in [2.45, 2.75) is 64.0 Å². The normalized spacial score (nSPS) is 32.3. The topological polar surface area (TPSA) is 35.2 Å². The van der Waals surface area contributed by atoms with Crippen molar-refractivity contribution in [1.29, 1.82) is 0 Å². The van der Waals surface area contributed by atoms with Gasteiger partial charge in [0, 0.05) is 23.0 Å². The van der Waals surface area contributed by atoms with Crippen molar-refractivity contribution < 1.29 is 4.74 Å². The van der Waals surface area contributed by atoms with Crippen LogP contribution in [0, 0.1) is 5.41 Å². The van der Waals surface area contributed by atoms with E-state index in [0.717, 1.165) is 35.6 Å². The van der Waals surface area contributed by atoms with Gasteiger partial charge in [0.25, 0.3) is 0 Å². The Morgan fingerprint density at radius 2 is 2.00 bits per heavy atom. The number of ether oxygens (including phenoxy) is 1. The molecule has 0 radical (unpaired) electrons. The summed E-state index contributed by atoms with van der Waals surface area (Å²) in [4.78, 5) is 0. The Labute approximate surface area is 126 Å². The van der Waals surface area contributed by atoms with Gasteiger partial charge in [-0.25, -0.2) is 0 Å². The van der Waals surface area contributed by atoms with Crippen LogP contribution < -0.4 is 10.5 Å². The van der Waals surface area contributed by atoms with Crippen LogP contribution in [-0.4, -0.2) is 5.60 Å². The number of hydrogen-bond donors (Lipinski definition) is 1. The minimum absolute atomic E-state index is 0.0404. The summed E-state index contributed by atoms with van der Waals surface area (Å²) in [5.41, 5.74) is 7.83. The van der Waals surface area contributed by atoms with Crippen molar-refractivity contribution >= 4 is 11.6 Å². The van der Waals surface area contributed by atoms with E-state index in [0.29, 0.717) is 5.41 Å². The van der Waals surface area contributed by atoms with Gasteiger partial charge < -0.3 is 10.5 Å². The summed E-state index contributed by atoms with van der Waals surface area (Å²) in [7, 11) is 0. The van der Waals surface area contributed by atoms with Crippen LogP contribution in [0.2, 0.25) is 5.02 Å². The Morgan fingerprint density at radius 1 is 1.20 bits per heavy atom. The second-order valence-electron chi connectivity index (χ2n) is 7.30. The molecule has 3 heteroatoms. The highest BCUT2D eigenvalue weighted by molar-refractivity contribution is 6.30. The molecule has 2 aliphatic rings. The van der Waals surface area contributed by atoms with Gasteiger partial charge in [-0.05, 0) is 55.7 Å². The third-order valence-corrected chi connectivity index (χ3v) is 5.27. The summed E-state index contributed by atoms with van der Waals surface area (Å²) in [6.07, 6.45) is 6.85. The molecule has 1 saturated carbocycles. The number of benzene rings is 1. The van der Waals surface area contributed by atoms with Crippen LogP contribution in [0.25, 0.3) is 0 Å². The van der Waals surface area contributed by atoms with Crippen molar-refractivity contribution in [3.05, 3.63) is 28.8 Å². The molecule has 2 atom stereocenters. The Bertz CT molecular complexity index is 514. The van der Waals surface area contributed by atoms with Crippen molar-refractivity contribution in [1.82, 2.24) is 0 Å². The van der Waals surface area contributed by atoms with E-state index >= 15 is 0 Å². The van der Waals surface area contributed by atoms with Gasteiger partial charge in [0.15, 0.2) is 0 Å². The van der Waals surface area contributed by atoms with Crippen LogP contribution in [0.1, 0.15) is 64.0 Å². The minimum atomic E-state index is -0.0615. The molecule has 0 bridgehead atoms. The van der Waals surface area contributed by atoms with Gasteiger partial charge in [0.05, 0.1) is 0 Å². The van der Waals surface area contributed by atoms with Gasteiger partial charge in [-0.15, -0.1) is 0 Å². The van der Waals surface area contributed by atoms with Crippen molar-refractivity contribution in [2.75, 3.05) is 0 Å². The quantitative estimate of drug-likeness (QED) is 0.742. The summed E-state index contributed by atoms with van der Waals surface area (Å²) in [6.45, 7) is 4.73. The van der Waals surface area contributed by atoms with Crippen molar-refractivity contribution in [3.63, 3.8) is 0 Å². The lowest BCUT2D eigenvalue weighted by Gasteiger charge is -2.41. The van der Waals surface area contributed by atoms with E-state index in [1.54, 1.807) is 0 Å². The molecule has 110 valence electrons. The highest BCUT2D eigenvalue weighted by atomic mass is 35.5. The predicted octanol–water partition coefficient (Wildman–Crippen LogP) is 4.85. The number of fused-ring (bicyclic) bond motifs is 1. The van der Waals surface area contributed by atoms with Crippen LogP contribution >= 0.6 is 11.6 Å². The maximum atomic E-state index is 6.42. The van der Waals surface area contributed by atoms with E-state index in [1.165, 1.54) is 19.3 Å². The molecule has 1 aliphatic heterocycles. The Morgan fingerprint density at radius 3 is 2.80 bits per heavy atom. The summed E-state index contributed by atoms with van der Waals surface area (Å²) < 4.78 is 6.42. The largest absolute Gasteiger partial charge is 0.487 e. The summed E-state index contributed by atoms with van der Waals surface area (Å²) in [6, 6.07) is 5.87. The van der Waals surface area contributed by atoms with Crippen molar-refractivity contribution in [3.8, 4) is 5.75 Å². The van der Waals surface area contributed by atoms with Crippen LogP contribution in [0.4, 0.5) is 0 Å². The highest BCUT2D eigenvalue weighted by Gasteiger charge is 2.42. The van der Waals surface area contributed by atoms with E-state index in [4.69, 9.17) is 22.1 Å². The van der Waals surface area contributed by atoms with E-state index in [1.807, 2.05) is 18.2 Å². The van der Waals surface area contributed by atoms with Gasteiger partial charge >= 0.3 is 0 Å². The van der Waals surface area contributed by atoms with Crippen LogP contribution in [-0.2, 0) is 0 Å². The first-order chi connectivity index (χ1) is 9.39. The highest BCUT2D eigenvalue weighted by Crippen LogP contribution is 2.48. The Kier molecular flexibility index (Phi) is 3.50. The first-order valence-electron chi connectivity index (χ1n) is 7.63. The molecular formula is C17H24ClNO. The van der Waals surface area contributed by atoms with Crippen molar-refractivity contribution in [2.24, 2.45) is 11.1 Å². The molecular weight excluding hydrogens is 270 g/mol. The number of halogens is 1. The standard InChI is InChI=1S/C17H24ClNO/c1-16(2)6-3-7-17(9-8-16)11-14(19)13-10-12(18)4-5-15(13)20-17/h4-5,10,14H,3,6-9,11,19H2,1-2H3/t14-,17?/m1/s1. The van der Waals surface area contributed by atoms with Gasteiger partial charge in [-0.1, -0.05) is 25.4 Å². The zero-order valence-corrected chi connectivity index (χ0v) is 13.2. The lowest BCUT2D eigenvalue weighted by Crippen LogP contribution is -2.42. The molecule has 1 heterocycles. The van der Waals surface area contributed by atoms with Gasteiger partial charge in [-0.3, -0.25) is 0 Å². The molecule has 20 heavy (non-hydrogen) atoms. The maximum absolute atomic E-state index is 6.42. The molecule has 0 saturated heterocycles. The van der Waals surface area contributed by atoms with Gasteiger partial charge in [0.1, 0.15) is 11.4 Å². The van der Waals surface area contributed by atoms with E-state index in [9.17, 15) is 0 Å². The molecule has 0 amide bonds.